The van der Waals surface area contributed by atoms with Gasteiger partial charge in [-0.15, -0.1) is 0 Å². The standard InChI is InChI=1S/C9H8N4O/c1-6-12-8(2-9(14)13-6)7-3-10-5-11-4-7/h2-5H,1H3,(H,12,13,14). The van der Waals surface area contributed by atoms with Crippen molar-refractivity contribution in [1.29, 1.82) is 0 Å². The van der Waals surface area contributed by atoms with E-state index in [9.17, 15) is 4.79 Å². The molecule has 0 amide bonds. The Balaban J connectivity index is 2.58. The van der Waals surface area contributed by atoms with E-state index in [1.807, 2.05) is 0 Å². The highest BCUT2D eigenvalue weighted by Gasteiger charge is 2.01. The molecular formula is C9H8N4O. The average molecular weight is 188 g/mol. The molecule has 0 aliphatic carbocycles. The van der Waals surface area contributed by atoms with Gasteiger partial charge in [-0.2, -0.15) is 0 Å². The Morgan fingerprint density at radius 3 is 2.64 bits per heavy atom. The van der Waals surface area contributed by atoms with Gasteiger partial charge in [0.25, 0.3) is 5.56 Å². The van der Waals surface area contributed by atoms with Crippen LogP contribution in [-0.4, -0.2) is 19.9 Å². The molecule has 5 heteroatoms. The Morgan fingerprint density at radius 1 is 1.29 bits per heavy atom. The van der Waals surface area contributed by atoms with Gasteiger partial charge >= 0.3 is 0 Å². The number of H-pyrrole nitrogens is 1. The van der Waals surface area contributed by atoms with Crippen LogP contribution in [0, 0.1) is 6.92 Å². The number of aromatic amines is 1. The highest BCUT2D eigenvalue weighted by atomic mass is 16.1. The number of nitrogens with zero attached hydrogens (tertiary/aromatic N) is 3. The molecule has 2 aromatic rings. The molecule has 0 atom stereocenters. The largest absolute Gasteiger partial charge is 0.311 e. The third-order valence-electron chi connectivity index (χ3n) is 1.72. The summed E-state index contributed by atoms with van der Waals surface area (Å²) in [5.41, 5.74) is 1.16. The first-order valence-corrected chi connectivity index (χ1v) is 4.09. The second-order valence-electron chi connectivity index (χ2n) is 2.84. The number of hydrogen-bond donors (Lipinski definition) is 1. The average Bonchev–Trinajstić information content (AvgIpc) is 2.18. The minimum atomic E-state index is -0.170. The quantitative estimate of drug-likeness (QED) is 0.708. The Bertz CT molecular complexity index is 492. The van der Waals surface area contributed by atoms with Crippen molar-refractivity contribution < 1.29 is 0 Å². The van der Waals surface area contributed by atoms with Crippen molar-refractivity contribution in [2.75, 3.05) is 0 Å². The lowest BCUT2D eigenvalue weighted by Crippen LogP contribution is -2.08. The van der Waals surface area contributed by atoms with Crippen molar-refractivity contribution in [1.82, 2.24) is 19.9 Å². The fourth-order valence-corrected chi connectivity index (χ4v) is 1.16. The van der Waals surface area contributed by atoms with Gasteiger partial charge in [0.1, 0.15) is 12.2 Å². The van der Waals surface area contributed by atoms with E-state index in [2.05, 4.69) is 19.9 Å². The molecule has 2 rings (SSSR count). The molecule has 0 radical (unpaired) electrons. The summed E-state index contributed by atoms with van der Waals surface area (Å²) in [5, 5.41) is 0. The smallest absolute Gasteiger partial charge is 0.251 e. The molecule has 0 aliphatic rings. The van der Waals surface area contributed by atoms with Gasteiger partial charge in [0.05, 0.1) is 5.69 Å². The number of aryl methyl sites for hydroxylation is 1. The van der Waals surface area contributed by atoms with E-state index in [0.29, 0.717) is 11.5 Å². The van der Waals surface area contributed by atoms with Crippen molar-refractivity contribution >= 4 is 0 Å². The Hall–Kier alpha value is -2.04. The number of aromatic nitrogens is 4. The highest BCUT2D eigenvalue weighted by molar-refractivity contribution is 5.55. The van der Waals surface area contributed by atoms with Gasteiger partial charge in [0.15, 0.2) is 0 Å². The van der Waals surface area contributed by atoms with Crippen molar-refractivity contribution in [3.05, 3.63) is 41.0 Å². The van der Waals surface area contributed by atoms with Crippen molar-refractivity contribution in [2.24, 2.45) is 0 Å². The third kappa shape index (κ3) is 1.66. The molecular weight excluding hydrogens is 180 g/mol. The minimum absolute atomic E-state index is 0.170. The molecule has 0 saturated heterocycles. The first kappa shape index (κ1) is 8.55. The van der Waals surface area contributed by atoms with Crippen molar-refractivity contribution in [2.45, 2.75) is 6.92 Å². The second-order valence-corrected chi connectivity index (χ2v) is 2.84. The van der Waals surface area contributed by atoms with Gasteiger partial charge in [0, 0.05) is 24.0 Å². The predicted octanol–water partition coefficient (Wildman–Crippen LogP) is 0.535. The van der Waals surface area contributed by atoms with E-state index in [4.69, 9.17) is 0 Å². The van der Waals surface area contributed by atoms with Crippen LogP contribution >= 0.6 is 0 Å². The Kier molecular flexibility index (Phi) is 2.06. The molecule has 2 aromatic heterocycles. The summed E-state index contributed by atoms with van der Waals surface area (Å²) < 4.78 is 0. The van der Waals surface area contributed by atoms with E-state index in [1.54, 1.807) is 19.3 Å². The van der Waals surface area contributed by atoms with Crippen LogP contribution in [0.25, 0.3) is 11.3 Å². The highest BCUT2D eigenvalue weighted by Crippen LogP contribution is 2.10. The van der Waals surface area contributed by atoms with Gasteiger partial charge in [-0.1, -0.05) is 0 Å². The van der Waals surface area contributed by atoms with Crippen LogP contribution in [0.4, 0.5) is 0 Å². The molecule has 0 saturated carbocycles. The van der Waals surface area contributed by atoms with Gasteiger partial charge < -0.3 is 4.98 Å². The van der Waals surface area contributed by atoms with E-state index in [1.165, 1.54) is 12.4 Å². The lowest BCUT2D eigenvalue weighted by Gasteiger charge is -1.99. The van der Waals surface area contributed by atoms with Gasteiger partial charge in [-0.05, 0) is 6.92 Å². The molecule has 0 fully saturated rings. The first-order chi connectivity index (χ1) is 6.75. The zero-order valence-corrected chi connectivity index (χ0v) is 7.56. The Labute approximate surface area is 79.9 Å². The van der Waals surface area contributed by atoms with Crippen LogP contribution in [0.3, 0.4) is 0 Å². The maximum atomic E-state index is 11.1. The zero-order valence-electron chi connectivity index (χ0n) is 7.56. The van der Waals surface area contributed by atoms with E-state index in [0.717, 1.165) is 5.56 Å². The topological polar surface area (TPSA) is 71.5 Å². The first-order valence-electron chi connectivity index (χ1n) is 4.09. The lowest BCUT2D eigenvalue weighted by atomic mass is 10.2. The predicted molar refractivity (Wildman–Crippen MR) is 50.6 cm³/mol. The summed E-state index contributed by atoms with van der Waals surface area (Å²) in [4.78, 5) is 25.6. The third-order valence-corrected chi connectivity index (χ3v) is 1.72. The normalized spacial score (nSPS) is 10.1. The molecule has 1 N–H and O–H groups in total. The van der Waals surface area contributed by atoms with Gasteiger partial charge in [-0.3, -0.25) is 4.79 Å². The van der Waals surface area contributed by atoms with Crippen LogP contribution in [-0.2, 0) is 0 Å². The van der Waals surface area contributed by atoms with Crippen LogP contribution in [0.5, 0.6) is 0 Å². The second kappa shape index (κ2) is 3.37. The summed E-state index contributed by atoms with van der Waals surface area (Å²) >= 11 is 0. The minimum Gasteiger partial charge on any atom is -0.311 e. The number of hydrogen-bond acceptors (Lipinski definition) is 4. The summed E-state index contributed by atoms with van der Waals surface area (Å²) in [7, 11) is 0. The fourth-order valence-electron chi connectivity index (χ4n) is 1.16. The summed E-state index contributed by atoms with van der Waals surface area (Å²) in [6.07, 6.45) is 4.67. The van der Waals surface area contributed by atoms with E-state index >= 15 is 0 Å². The SMILES string of the molecule is Cc1nc(-c2cncnc2)cc(=O)[nH]1. The van der Waals surface area contributed by atoms with E-state index < -0.39 is 0 Å². The van der Waals surface area contributed by atoms with Crippen LogP contribution in [0.15, 0.2) is 29.6 Å². The molecule has 0 spiro atoms. The van der Waals surface area contributed by atoms with Crippen LogP contribution in [0.1, 0.15) is 5.82 Å². The van der Waals surface area contributed by atoms with Crippen molar-refractivity contribution in [3.63, 3.8) is 0 Å². The summed E-state index contributed by atoms with van der Waals surface area (Å²) in [5.74, 6) is 0.580. The molecule has 0 bridgehead atoms. The molecule has 0 aromatic carbocycles. The molecule has 0 unspecified atom stereocenters. The Morgan fingerprint density at radius 2 is 2.00 bits per heavy atom. The number of nitrogens with one attached hydrogen (secondary N) is 1. The maximum absolute atomic E-state index is 11.1. The molecule has 2 heterocycles. The monoisotopic (exact) mass is 188 g/mol. The van der Waals surface area contributed by atoms with Gasteiger partial charge in [-0.25, -0.2) is 15.0 Å². The maximum Gasteiger partial charge on any atom is 0.251 e. The van der Waals surface area contributed by atoms with Crippen LogP contribution < -0.4 is 5.56 Å². The van der Waals surface area contributed by atoms with Gasteiger partial charge in [0.2, 0.25) is 0 Å². The zero-order chi connectivity index (χ0) is 9.97. The van der Waals surface area contributed by atoms with Crippen LogP contribution in [0.2, 0.25) is 0 Å². The van der Waals surface area contributed by atoms with Crippen molar-refractivity contribution in [3.8, 4) is 11.3 Å². The summed E-state index contributed by atoms with van der Waals surface area (Å²) in [6, 6.07) is 1.42. The molecule has 0 aliphatic heterocycles. The summed E-state index contributed by atoms with van der Waals surface area (Å²) in [6.45, 7) is 1.73. The number of rotatable bonds is 1. The lowest BCUT2D eigenvalue weighted by molar-refractivity contribution is 1.02. The molecule has 14 heavy (non-hydrogen) atoms. The molecule has 5 nitrogen and oxygen atoms in total. The van der Waals surface area contributed by atoms with E-state index in [-0.39, 0.29) is 5.56 Å². The molecule has 70 valence electrons. The fraction of sp³-hybridized carbons (Fsp3) is 0.111.